The van der Waals surface area contributed by atoms with Crippen molar-refractivity contribution in [2.75, 3.05) is 25.5 Å². The maximum atomic E-state index is 13.4. The summed E-state index contributed by atoms with van der Waals surface area (Å²) in [6.45, 7) is 5.24. The molecule has 0 radical (unpaired) electrons. The maximum absolute atomic E-state index is 13.4. The first-order valence-corrected chi connectivity index (χ1v) is 11.5. The first-order valence-electron chi connectivity index (χ1n) is 10.8. The summed E-state index contributed by atoms with van der Waals surface area (Å²) < 4.78 is 15.0. The van der Waals surface area contributed by atoms with Gasteiger partial charge in [0.15, 0.2) is 5.65 Å². The van der Waals surface area contributed by atoms with E-state index in [0.717, 1.165) is 34.6 Å². The Kier molecular flexibility index (Phi) is 6.93. The van der Waals surface area contributed by atoms with E-state index in [2.05, 4.69) is 15.4 Å². The van der Waals surface area contributed by atoms with E-state index in [1.165, 1.54) is 6.20 Å². The summed E-state index contributed by atoms with van der Waals surface area (Å²) in [7, 11) is 1.81. The molecule has 0 aliphatic heterocycles. The van der Waals surface area contributed by atoms with Gasteiger partial charge in [-0.15, -0.1) is 0 Å². The van der Waals surface area contributed by atoms with Gasteiger partial charge in [0.05, 0.1) is 24.0 Å². The van der Waals surface area contributed by atoms with Gasteiger partial charge in [0.25, 0.3) is 5.91 Å². The molecule has 6 nitrogen and oxygen atoms in total. The van der Waals surface area contributed by atoms with E-state index in [1.807, 2.05) is 68.4 Å². The molecule has 0 aliphatic carbocycles. The van der Waals surface area contributed by atoms with E-state index in [-0.39, 0.29) is 18.1 Å². The quantitative estimate of drug-likeness (QED) is 0.347. The number of hydrogen-bond donors (Lipinski definition) is 1. The molecule has 0 bridgehead atoms. The maximum Gasteiger partial charge on any atom is 0.253 e. The third-order valence-electron chi connectivity index (χ3n) is 5.57. The standard InChI is InChI=1S/C25H26FN5OS/c1-17-9-11-19(12-10-17)25(32)30(3)14-6-13-27-23-15-21(20-8-5-4-7-18(20)2)29-24-22(33-26)16-28-31(23)24/h4-5,7-12,15-16,27H,6,13-14H2,1-3H3. The SMILES string of the molecule is Cc1ccc(C(=O)N(C)CCCNc2cc(-c3ccccc3C)nc3c(SF)cnn23)cc1. The van der Waals surface area contributed by atoms with Crippen molar-refractivity contribution >= 4 is 29.5 Å². The zero-order valence-electron chi connectivity index (χ0n) is 18.9. The van der Waals surface area contributed by atoms with Crippen LogP contribution in [0, 0.1) is 13.8 Å². The third kappa shape index (κ3) is 5.01. The van der Waals surface area contributed by atoms with Crippen LogP contribution in [0.3, 0.4) is 0 Å². The minimum absolute atomic E-state index is 0.000158. The van der Waals surface area contributed by atoms with Crippen LogP contribution in [-0.4, -0.2) is 45.5 Å². The third-order valence-corrected chi connectivity index (χ3v) is 6.02. The largest absolute Gasteiger partial charge is 0.370 e. The van der Waals surface area contributed by atoms with Crippen LogP contribution in [0.25, 0.3) is 16.9 Å². The second-order valence-electron chi connectivity index (χ2n) is 8.04. The van der Waals surface area contributed by atoms with Crippen molar-refractivity contribution < 1.29 is 8.68 Å². The fraction of sp³-hybridized carbons (Fsp3) is 0.240. The van der Waals surface area contributed by atoms with Gasteiger partial charge in [0, 0.05) is 37.3 Å². The number of fused-ring (bicyclic) bond motifs is 1. The van der Waals surface area contributed by atoms with E-state index in [1.54, 1.807) is 16.5 Å². The first kappa shape index (κ1) is 22.8. The number of rotatable bonds is 8. The van der Waals surface area contributed by atoms with E-state index in [0.29, 0.717) is 29.2 Å². The number of carbonyl (C=O) groups excluding carboxylic acids is 1. The van der Waals surface area contributed by atoms with Gasteiger partial charge >= 0.3 is 0 Å². The van der Waals surface area contributed by atoms with Crippen molar-refractivity contribution in [3.8, 4) is 11.3 Å². The second-order valence-corrected chi connectivity index (χ2v) is 8.63. The molecule has 1 N–H and O–H groups in total. The number of halogens is 1. The topological polar surface area (TPSA) is 62.5 Å². The molecule has 0 fully saturated rings. The number of nitrogens with zero attached hydrogens (tertiary/aromatic N) is 4. The first-order chi connectivity index (χ1) is 16.0. The summed E-state index contributed by atoms with van der Waals surface area (Å²) in [6.07, 6.45) is 2.22. The molecule has 0 spiro atoms. The fourth-order valence-electron chi connectivity index (χ4n) is 3.67. The van der Waals surface area contributed by atoms with Gasteiger partial charge in [-0.25, -0.2) is 4.98 Å². The summed E-state index contributed by atoms with van der Waals surface area (Å²) in [6, 6.07) is 17.5. The van der Waals surface area contributed by atoms with Crippen LogP contribution in [0.5, 0.6) is 0 Å². The Morgan fingerprint density at radius 2 is 1.91 bits per heavy atom. The van der Waals surface area contributed by atoms with Gasteiger partial charge in [-0.3, -0.25) is 4.79 Å². The van der Waals surface area contributed by atoms with Crippen molar-refractivity contribution in [3.63, 3.8) is 0 Å². The molecule has 33 heavy (non-hydrogen) atoms. The Balaban J connectivity index is 1.48. The highest BCUT2D eigenvalue weighted by Crippen LogP contribution is 2.29. The molecule has 4 rings (SSSR count). The molecule has 2 aromatic heterocycles. The Hall–Kier alpha value is -3.39. The van der Waals surface area contributed by atoms with Crippen LogP contribution < -0.4 is 5.32 Å². The predicted molar refractivity (Wildman–Crippen MR) is 131 cm³/mol. The number of aromatic nitrogens is 3. The molecule has 170 valence electrons. The van der Waals surface area contributed by atoms with Crippen molar-refractivity contribution in [1.82, 2.24) is 19.5 Å². The van der Waals surface area contributed by atoms with E-state index >= 15 is 0 Å². The fourth-order valence-corrected chi connectivity index (χ4v) is 3.96. The van der Waals surface area contributed by atoms with Crippen molar-refractivity contribution in [2.45, 2.75) is 25.2 Å². The number of anilines is 1. The monoisotopic (exact) mass is 463 g/mol. The molecule has 0 atom stereocenters. The Morgan fingerprint density at radius 1 is 1.15 bits per heavy atom. The summed E-state index contributed by atoms with van der Waals surface area (Å²) in [5, 5.41) is 7.69. The van der Waals surface area contributed by atoms with Gasteiger partial charge in [0.1, 0.15) is 10.7 Å². The number of nitrogens with one attached hydrogen (secondary N) is 1. The molecule has 2 heterocycles. The van der Waals surface area contributed by atoms with E-state index < -0.39 is 0 Å². The minimum Gasteiger partial charge on any atom is -0.370 e. The lowest BCUT2D eigenvalue weighted by Crippen LogP contribution is -2.28. The highest BCUT2D eigenvalue weighted by Gasteiger charge is 2.15. The number of amides is 1. The van der Waals surface area contributed by atoms with Gasteiger partial charge in [-0.2, -0.15) is 13.5 Å². The number of benzene rings is 2. The molecule has 1 amide bonds. The van der Waals surface area contributed by atoms with Gasteiger partial charge in [-0.05, 0) is 38.0 Å². The lowest BCUT2D eigenvalue weighted by Gasteiger charge is -2.18. The van der Waals surface area contributed by atoms with Gasteiger partial charge in [0.2, 0.25) is 0 Å². The molecule has 0 aliphatic rings. The summed E-state index contributed by atoms with van der Waals surface area (Å²) >= 11 is 0.138. The van der Waals surface area contributed by atoms with Crippen LogP contribution in [0.1, 0.15) is 27.9 Å². The second kappa shape index (κ2) is 10.0. The average Bonchev–Trinajstić information content (AvgIpc) is 3.25. The van der Waals surface area contributed by atoms with E-state index in [9.17, 15) is 8.68 Å². The molecule has 2 aromatic carbocycles. The lowest BCUT2D eigenvalue weighted by atomic mass is 10.1. The van der Waals surface area contributed by atoms with Gasteiger partial charge < -0.3 is 10.2 Å². The predicted octanol–water partition coefficient (Wildman–Crippen LogP) is 5.56. The average molecular weight is 464 g/mol. The van der Waals surface area contributed by atoms with Crippen LogP contribution in [0.4, 0.5) is 9.70 Å². The summed E-state index contributed by atoms with van der Waals surface area (Å²) in [5.74, 6) is 0.728. The van der Waals surface area contributed by atoms with Gasteiger partial charge in [-0.1, -0.05) is 42.0 Å². The summed E-state index contributed by atoms with van der Waals surface area (Å²) in [5.41, 5.74) is 5.11. The lowest BCUT2D eigenvalue weighted by molar-refractivity contribution is 0.0794. The summed E-state index contributed by atoms with van der Waals surface area (Å²) in [4.78, 5) is 19.4. The molecule has 0 saturated carbocycles. The Morgan fingerprint density at radius 3 is 2.64 bits per heavy atom. The van der Waals surface area contributed by atoms with E-state index in [4.69, 9.17) is 0 Å². The molecule has 8 heteroatoms. The molecule has 0 saturated heterocycles. The minimum atomic E-state index is -0.000158. The van der Waals surface area contributed by atoms with Crippen molar-refractivity contribution in [1.29, 1.82) is 0 Å². The Labute approximate surface area is 197 Å². The number of hydrogen-bond acceptors (Lipinski definition) is 5. The zero-order valence-corrected chi connectivity index (χ0v) is 19.7. The number of carbonyl (C=O) groups is 1. The molecular formula is C25H26FN5OS. The zero-order chi connectivity index (χ0) is 23.4. The number of aryl methyl sites for hydroxylation is 2. The molecule has 0 unspecified atom stereocenters. The Bertz CT molecular complexity index is 1270. The van der Waals surface area contributed by atoms with Crippen molar-refractivity contribution in [3.05, 3.63) is 77.5 Å². The molecule has 4 aromatic rings. The highest BCUT2D eigenvalue weighted by atomic mass is 32.2. The van der Waals surface area contributed by atoms with Crippen molar-refractivity contribution in [2.24, 2.45) is 0 Å². The van der Waals surface area contributed by atoms with Crippen LogP contribution in [0.2, 0.25) is 0 Å². The van der Waals surface area contributed by atoms with Crippen LogP contribution >= 0.6 is 12.1 Å². The normalized spacial score (nSPS) is 11.0. The molecular weight excluding hydrogens is 437 g/mol. The smallest absolute Gasteiger partial charge is 0.253 e. The van der Waals surface area contributed by atoms with Crippen LogP contribution in [0.15, 0.2) is 65.7 Å². The van der Waals surface area contributed by atoms with Crippen LogP contribution in [-0.2, 0) is 0 Å². The highest BCUT2D eigenvalue weighted by molar-refractivity contribution is 7.94.